The summed E-state index contributed by atoms with van der Waals surface area (Å²) in [6.07, 6.45) is 3.62. The molecule has 1 aromatic heterocycles. The Balaban J connectivity index is 1.32. The topological polar surface area (TPSA) is 72.5 Å². The molecule has 0 unspecified atom stereocenters. The van der Waals surface area contributed by atoms with Gasteiger partial charge in [-0.3, -0.25) is 4.79 Å². The molecule has 0 aliphatic carbocycles. The highest BCUT2D eigenvalue weighted by atomic mass is 16.6. The summed E-state index contributed by atoms with van der Waals surface area (Å²) >= 11 is 0. The van der Waals surface area contributed by atoms with Crippen molar-refractivity contribution in [2.75, 3.05) is 30.4 Å². The normalized spacial score (nSPS) is 12.3. The molecule has 1 aliphatic rings. The molecule has 29 heavy (non-hydrogen) atoms. The van der Waals surface area contributed by atoms with Crippen LogP contribution in [0.3, 0.4) is 0 Å². The first-order valence-electron chi connectivity index (χ1n) is 9.73. The van der Waals surface area contributed by atoms with Crippen LogP contribution in [0.2, 0.25) is 0 Å². The molecule has 1 amide bonds. The number of anilines is 2. The number of ether oxygens (including phenoxy) is 2. The summed E-state index contributed by atoms with van der Waals surface area (Å²) in [4.78, 5) is 16.9. The number of carbonyl (C=O) groups is 1. The van der Waals surface area contributed by atoms with Crippen LogP contribution in [-0.2, 0) is 6.42 Å². The molecule has 0 saturated carbocycles. The summed E-state index contributed by atoms with van der Waals surface area (Å²) in [6.45, 7) is 1.83. The van der Waals surface area contributed by atoms with Crippen molar-refractivity contribution in [1.29, 1.82) is 0 Å². The first-order chi connectivity index (χ1) is 14.3. The molecular weight excluding hydrogens is 366 g/mol. The minimum atomic E-state index is -0.198. The zero-order valence-electron chi connectivity index (χ0n) is 16.1. The molecule has 0 bridgehead atoms. The highest BCUT2D eigenvalue weighted by Crippen LogP contribution is 2.32. The zero-order chi connectivity index (χ0) is 19.9. The van der Waals surface area contributed by atoms with E-state index in [0.717, 1.165) is 19.4 Å². The van der Waals surface area contributed by atoms with Crippen molar-refractivity contribution >= 4 is 17.4 Å². The molecule has 6 heteroatoms. The van der Waals surface area contributed by atoms with E-state index in [9.17, 15) is 4.79 Å². The van der Waals surface area contributed by atoms with Gasteiger partial charge in [0.25, 0.3) is 5.91 Å². The first-order valence-corrected chi connectivity index (χ1v) is 9.73. The quantitative estimate of drug-likeness (QED) is 0.594. The van der Waals surface area contributed by atoms with E-state index in [-0.39, 0.29) is 5.91 Å². The van der Waals surface area contributed by atoms with Gasteiger partial charge in [0.05, 0.1) is 0 Å². The molecule has 0 saturated heterocycles. The van der Waals surface area contributed by atoms with Gasteiger partial charge in [-0.25, -0.2) is 4.98 Å². The maximum atomic E-state index is 12.6. The van der Waals surface area contributed by atoms with E-state index < -0.39 is 0 Å². The fourth-order valence-corrected chi connectivity index (χ4v) is 3.15. The predicted molar refractivity (Wildman–Crippen MR) is 113 cm³/mol. The lowest BCUT2D eigenvalue weighted by atomic mass is 10.1. The third kappa shape index (κ3) is 5.04. The second kappa shape index (κ2) is 9.10. The van der Waals surface area contributed by atoms with E-state index in [1.165, 1.54) is 5.56 Å². The average Bonchev–Trinajstić information content (AvgIpc) is 2.77. The van der Waals surface area contributed by atoms with Crippen molar-refractivity contribution in [1.82, 2.24) is 4.98 Å². The minimum absolute atomic E-state index is 0.198. The van der Waals surface area contributed by atoms with Crippen LogP contribution in [0.1, 0.15) is 22.3 Å². The summed E-state index contributed by atoms with van der Waals surface area (Å²) < 4.78 is 11.1. The van der Waals surface area contributed by atoms with Crippen LogP contribution >= 0.6 is 0 Å². The van der Waals surface area contributed by atoms with Crippen LogP contribution in [0.15, 0.2) is 66.9 Å². The highest BCUT2D eigenvalue weighted by molar-refractivity contribution is 6.04. The van der Waals surface area contributed by atoms with Crippen molar-refractivity contribution in [3.8, 4) is 11.5 Å². The number of rotatable bonds is 7. The Hall–Kier alpha value is -3.54. The Bertz CT molecular complexity index is 976. The van der Waals surface area contributed by atoms with Gasteiger partial charge >= 0.3 is 0 Å². The number of hydrogen-bond acceptors (Lipinski definition) is 5. The molecule has 1 aliphatic heterocycles. The van der Waals surface area contributed by atoms with Crippen molar-refractivity contribution in [2.24, 2.45) is 0 Å². The van der Waals surface area contributed by atoms with E-state index in [1.807, 2.05) is 18.2 Å². The summed E-state index contributed by atoms with van der Waals surface area (Å²) in [5.74, 6) is 1.83. The molecule has 2 heterocycles. The van der Waals surface area contributed by atoms with Gasteiger partial charge in [-0.1, -0.05) is 30.3 Å². The number of fused-ring (bicyclic) bond motifs is 1. The molecule has 0 atom stereocenters. The standard InChI is InChI=1S/C23H23N3O3/c27-23(26-19-8-9-20-21(16-19)29-14-13-28-20)18-10-12-25-22(15-18)24-11-4-7-17-5-2-1-3-6-17/h1-3,5-6,8-10,12,15-16H,4,7,11,13-14H2,(H,24,25)(H,26,27). The largest absolute Gasteiger partial charge is 0.486 e. The highest BCUT2D eigenvalue weighted by Gasteiger charge is 2.13. The minimum Gasteiger partial charge on any atom is -0.486 e. The lowest BCUT2D eigenvalue weighted by Gasteiger charge is -2.19. The molecule has 0 spiro atoms. The van der Waals surface area contributed by atoms with Crippen LogP contribution < -0.4 is 20.1 Å². The average molecular weight is 389 g/mol. The number of nitrogens with one attached hydrogen (secondary N) is 2. The smallest absolute Gasteiger partial charge is 0.255 e. The molecule has 0 radical (unpaired) electrons. The molecule has 4 rings (SSSR count). The molecule has 2 N–H and O–H groups in total. The fourth-order valence-electron chi connectivity index (χ4n) is 3.15. The van der Waals surface area contributed by atoms with Gasteiger partial charge in [-0.2, -0.15) is 0 Å². The molecule has 148 valence electrons. The van der Waals surface area contributed by atoms with Gasteiger partial charge < -0.3 is 20.1 Å². The van der Waals surface area contributed by atoms with Crippen molar-refractivity contribution in [3.63, 3.8) is 0 Å². The Labute approximate surface area is 169 Å². The second-order valence-corrected chi connectivity index (χ2v) is 6.76. The number of aromatic nitrogens is 1. The summed E-state index contributed by atoms with van der Waals surface area (Å²) in [6, 6.07) is 19.2. The van der Waals surface area contributed by atoms with Crippen LogP contribution in [0.4, 0.5) is 11.5 Å². The number of pyridine rings is 1. The van der Waals surface area contributed by atoms with Gasteiger partial charge in [-0.15, -0.1) is 0 Å². The number of carbonyl (C=O) groups excluding carboxylic acids is 1. The van der Waals surface area contributed by atoms with E-state index in [4.69, 9.17) is 9.47 Å². The molecule has 3 aromatic rings. The Morgan fingerprint density at radius 3 is 2.66 bits per heavy atom. The molecule has 2 aromatic carbocycles. The van der Waals surface area contributed by atoms with Gasteiger partial charge in [-0.05, 0) is 42.7 Å². The number of aryl methyl sites for hydroxylation is 1. The van der Waals surface area contributed by atoms with Crippen molar-refractivity contribution in [3.05, 3.63) is 78.0 Å². The lowest BCUT2D eigenvalue weighted by molar-refractivity contribution is 0.102. The van der Waals surface area contributed by atoms with Crippen LogP contribution in [0.25, 0.3) is 0 Å². The van der Waals surface area contributed by atoms with E-state index in [2.05, 4.69) is 27.8 Å². The van der Waals surface area contributed by atoms with Crippen LogP contribution in [-0.4, -0.2) is 30.6 Å². The van der Waals surface area contributed by atoms with Crippen molar-refractivity contribution in [2.45, 2.75) is 12.8 Å². The van der Waals surface area contributed by atoms with Crippen LogP contribution in [0, 0.1) is 0 Å². The summed E-state index contributed by atoms with van der Waals surface area (Å²) in [5.41, 5.74) is 2.52. The fraction of sp³-hybridized carbons (Fsp3) is 0.217. The number of benzene rings is 2. The predicted octanol–water partition coefficient (Wildman–Crippen LogP) is 4.15. The van der Waals surface area contributed by atoms with Gasteiger partial charge in [0.15, 0.2) is 11.5 Å². The number of amides is 1. The van der Waals surface area contributed by atoms with E-state index in [0.29, 0.717) is 41.8 Å². The van der Waals surface area contributed by atoms with Gasteiger partial charge in [0.2, 0.25) is 0 Å². The van der Waals surface area contributed by atoms with Gasteiger partial charge in [0, 0.05) is 30.1 Å². The first kappa shape index (κ1) is 18.8. The molecule has 0 fully saturated rings. The lowest BCUT2D eigenvalue weighted by Crippen LogP contribution is -2.16. The Morgan fingerprint density at radius 1 is 0.966 bits per heavy atom. The SMILES string of the molecule is O=C(Nc1ccc2c(c1)OCCO2)c1ccnc(NCCCc2ccccc2)c1. The Morgan fingerprint density at radius 2 is 1.79 bits per heavy atom. The van der Waals surface area contributed by atoms with Crippen molar-refractivity contribution < 1.29 is 14.3 Å². The number of nitrogens with zero attached hydrogens (tertiary/aromatic N) is 1. The molecular formula is C23H23N3O3. The van der Waals surface area contributed by atoms with E-state index in [1.54, 1.807) is 36.5 Å². The zero-order valence-corrected chi connectivity index (χ0v) is 16.1. The monoisotopic (exact) mass is 389 g/mol. The van der Waals surface area contributed by atoms with Crippen LogP contribution in [0.5, 0.6) is 11.5 Å². The third-order valence-electron chi connectivity index (χ3n) is 4.61. The second-order valence-electron chi connectivity index (χ2n) is 6.76. The summed E-state index contributed by atoms with van der Waals surface area (Å²) in [5, 5.41) is 6.18. The number of hydrogen-bond donors (Lipinski definition) is 2. The third-order valence-corrected chi connectivity index (χ3v) is 4.61. The molecule has 6 nitrogen and oxygen atoms in total. The maximum Gasteiger partial charge on any atom is 0.255 e. The summed E-state index contributed by atoms with van der Waals surface area (Å²) in [7, 11) is 0. The maximum absolute atomic E-state index is 12.6. The van der Waals surface area contributed by atoms with Gasteiger partial charge in [0.1, 0.15) is 19.0 Å². The van der Waals surface area contributed by atoms with E-state index >= 15 is 0 Å². The Kier molecular flexibility index (Phi) is 5.90.